The lowest BCUT2D eigenvalue weighted by Gasteiger charge is -2.41. The first kappa shape index (κ1) is 34.1. The molecule has 2 aromatic rings. The maximum Gasteiger partial charge on any atom is 0.435 e. The summed E-state index contributed by atoms with van der Waals surface area (Å²) < 4.78 is 136. The molecule has 44 heavy (non-hydrogen) atoms. The second kappa shape index (κ2) is 11.6. The molecule has 14 heteroatoms. The van der Waals surface area contributed by atoms with Crippen molar-refractivity contribution in [1.29, 1.82) is 0 Å². The summed E-state index contributed by atoms with van der Waals surface area (Å²) in [5.41, 5.74) is -8.49. The molecular formula is C30H33F8NO4S. The number of hydrogen-bond acceptors (Lipinski definition) is 4. The number of aliphatic hydroxyl groups excluding tert-OH is 1. The van der Waals surface area contributed by atoms with Crippen LogP contribution in [0.4, 0.5) is 35.1 Å². The second-order valence-corrected chi connectivity index (χ2v) is 14.1. The number of nitrogens with zero attached hydrogens (tertiary/aromatic N) is 1. The van der Waals surface area contributed by atoms with Gasteiger partial charge in [0.15, 0.2) is 9.84 Å². The monoisotopic (exact) mass is 655 g/mol. The van der Waals surface area contributed by atoms with E-state index in [1.54, 1.807) is 0 Å². The Balaban J connectivity index is 1.82. The van der Waals surface area contributed by atoms with Gasteiger partial charge in [-0.3, -0.25) is 4.79 Å². The fraction of sp³-hybridized carbons (Fsp3) is 0.567. The molecule has 2 fully saturated rings. The van der Waals surface area contributed by atoms with Crippen molar-refractivity contribution in [3.63, 3.8) is 0 Å². The summed E-state index contributed by atoms with van der Waals surface area (Å²) in [6.45, 7) is 2.56. The first-order valence-electron chi connectivity index (χ1n) is 14.1. The average molecular weight is 656 g/mol. The minimum atomic E-state index is -6.37. The third-order valence-corrected chi connectivity index (χ3v) is 12.0. The molecular weight excluding hydrogens is 622 g/mol. The van der Waals surface area contributed by atoms with Crippen LogP contribution in [0.3, 0.4) is 0 Å². The van der Waals surface area contributed by atoms with E-state index in [4.69, 9.17) is 0 Å². The van der Waals surface area contributed by atoms with Crippen LogP contribution in [0.25, 0.3) is 0 Å². The van der Waals surface area contributed by atoms with E-state index in [1.807, 2.05) is 6.92 Å². The summed E-state index contributed by atoms with van der Waals surface area (Å²) in [4.78, 5) is 14.8. The van der Waals surface area contributed by atoms with Gasteiger partial charge in [-0.05, 0) is 74.6 Å². The van der Waals surface area contributed by atoms with E-state index in [9.17, 15) is 53.4 Å². The Morgan fingerprint density at radius 3 is 2.00 bits per heavy atom. The average Bonchev–Trinajstić information content (AvgIpc) is 3.44. The molecule has 0 bridgehead atoms. The highest BCUT2D eigenvalue weighted by atomic mass is 32.2. The van der Waals surface area contributed by atoms with E-state index in [0.29, 0.717) is 44.2 Å². The van der Waals surface area contributed by atoms with E-state index >= 15 is 0 Å². The van der Waals surface area contributed by atoms with Gasteiger partial charge in [0.25, 0.3) is 0 Å². The van der Waals surface area contributed by atoms with Crippen LogP contribution in [-0.4, -0.2) is 56.4 Å². The Hall–Kier alpha value is -2.74. The molecule has 5 nitrogen and oxygen atoms in total. The Kier molecular flexibility index (Phi) is 8.97. The van der Waals surface area contributed by atoms with Crippen molar-refractivity contribution >= 4 is 15.7 Å². The number of halogens is 8. The maximum atomic E-state index is 14.8. The van der Waals surface area contributed by atoms with Gasteiger partial charge in [-0.1, -0.05) is 37.3 Å². The van der Waals surface area contributed by atoms with Crippen molar-refractivity contribution < 1.29 is 53.4 Å². The number of rotatable bonds is 7. The number of benzene rings is 2. The molecule has 0 aromatic heterocycles. The van der Waals surface area contributed by atoms with Crippen LogP contribution in [-0.2, 0) is 25.0 Å². The van der Waals surface area contributed by atoms with Crippen LogP contribution >= 0.6 is 0 Å². The zero-order valence-electron chi connectivity index (χ0n) is 24.0. The van der Waals surface area contributed by atoms with E-state index in [2.05, 4.69) is 0 Å². The molecule has 1 N–H and O–H groups in total. The third kappa shape index (κ3) is 5.39. The Bertz CT molecular complexity index is 1470. The molecule has 4 rings (SSSR count). The van der Waals surface area contributed by atoms with Crippen molar-refractivity contribution in [2.45, 2.75) is 80.0 Å². The predicted molar refractivity (Wildman–Crippen MR) is 144 cm³/mol. The topological polar surface area (TPSA) is 74.7 Å². The molecule has 2 aromatic carbocycles. The van der Waals surface area contributed by atoms with Crippen molar-refractivity contribution in [2.75, 3.05) is 19.7 Å². The molecule has 2 aliphatic rings. The summed E-state index contributed by atoms with van der Waals surface area (Å²) in [5.74, 6) is -1.19. The lowest BCUT2D eigenvalue weighted by Crippen LogP contribution is -2.50. The Morgan fingerprint density at radius 1 is 0.955 bits per heavy atom. The first-order chi connectivity index (χ1) is 20.3. The lowest BCUT2D eigenvalue weighted by atomic mass is 9.68. The lowest BCUT2D eigenvalue weighted by molar-refractivity contribution is -0.348. The van der Waals surface area contributed by atoms with E-state index in [1.165, 1.54) is 17.9 Å². The van der Waals surface area contributed by atoms with Crippen molar-refractivity contribution in [2.24, 2.45) is 11.3 Å². The van der Waals surface area contributed by atoms with Crippen LogP contribution in [0.2, 0.25) is 0 Å². The van der Waals surface area contributed by atoms with Gasteiger partial charge in [-0.2, -0.15) is 26.3 Å². The van der Waals surface area contributed by atoms with Gasteiger partial charge < -0.3 is 10.0 Å². The largest absolute Gasteiger partial charge is 0.435 e. The van der Waals surface area contributed by atoms with E-state index in [0.717, 1.165) is 12.1 Å². The van der Waals surface area contributed by atoms with Gasteiger partial charge in [-0.15, -0.1) is 0 Å². The molecule has 1 atom stereocenters. The number of aryl methyl sites for hydroxylation is 1. The molecule has 1 aliphatic heterocycles. The summed E-state index contributed by atoms with van der Waals surface area (Å²) in [5, 5.41) is 9.53. The number of aliphatic hydroxyl groups is 1. The van der Waals surface area contributed by atoms with Gasteiger partial charge >= 0.3 is 18.0 Å². The van der Waals surface area contributed by atoms with Gasteiger partial charge in [0.2, 0.25) is 5.91 Å². The number of carbonyl (C=O) groups is 1. The number of likely N-dealkylation sites (tertiary alicyclic amines) is 1. The zero-order valence-corrected chi connectivity index (χ0v) is 24.9. The van der Waals surface area contributed by atoms with Gasteiger partial charge in [0.1, 0.15) is 10.6 Å². The Morgan fingerprint density at radius 2 is 1.52 bits per heavy atom. The summed E-state index contributed by atoms with van der Waals surface area (Å²) in [6, 6.07) is 5.01. The molecule has 1 saturated carbocycles. The molecule has 0 unspecified atom stereocenters. The number of alkyl halides is 7. The summed E-state index contributed by atoms with van der Waals surface area (Å²) in [7, 11) is -4.64. The van der Waals surface area contributed by atoms with Crippen molar-refractivity contribution in [3.05, 3.63) is 65.0 Å². The molecule has 0 radical (unpaired) electrons. The second-order valence-electron chi connectivity index (χ2n) is 11.9. The van der Waals surface area contributed by atoms with Crippen molar-refractivity contribution in [3.8, 4) is 0 Å². The smallest absolute Gasteiger partial charge is 0.396 e. The molecule has 1 saturated heterocycles. The number of carbonyl (C=O) groups excluding carboxylic acids is 1. The minimum Gasteiger partial charge on any atom is -0.396 e. The minimum absolute atomic E-state index is 0.0199. The highest BCUT2D eigenvalue weighted by Gasteiger charge is 2.73. The predicted octanol–water partition coefficient (Wildman–Crippen LogP) is 6.90. The molecule has 1 aliphatic carbocycles. The number of amides is 1. The molecule has 0 spiro atoms. The van der Waals surface area contributed by atoms with E-state index in [-0.39, 0.29) is 54.7 Å². The first-order valence-corrected chi connectivity index (χ1v) is 15.6. The normalized spacial score (nSPS) is 25.3. The van der Waals surface area contributed by atoms with Gasteiger partial charge in [0.05, 0.1) is 4.90 Å². The Labute approximate surface area is 250 Å². The van der Waals surface area contributed by atoms with Crippen LogP contribution in [0.15, 0.2) is 47.4 Å². The standard InChI is InChI=1S/C30H33F8NO4S/c1-3-26(12-10-20(17-40)11-13-26)25(41)39-15-14-27(18-39,44(42,43)23-9-4-19(2)24(31)16-23)21-5-7-22(8-6-21)28(32,29(33,34)35)30(36,37)38/h4-9,16,20,40H,3,10-15,17-18H2,1-2H3/t20?,26?,27-/m0/s1. The quantitative estimate of drug-likeness (QED) is 0.330. The van der Waals surface area contributed by atoms with E-state index < -0.39 is 60.8 Å². The molecule has 244 valence electrons. The molecule has 1 heterocycles. The van der Waals surface area contributed by atoms with Gasteiger partial charge in [-0.25, -0.2) is 17.2 Å². The third-order valence-electron chi connectivity index (χ3n) is 9.53. The number of sulfone groups is 1. The van der Waals surface area contributed by atoms with Crippen LogP contribution < -0.4 is 0 Å². The fourth-order valence-corrected chi connectivity index (χ4v) is 8.58. The highest BCUT2D eigenvalue weighted by Crippen LogP contribution is 2.54. The molecule has 1 amide bonds. The van der Waals surface area contributed by atoms with Crippen LogP contribution in [0, 0.1) is 24.1 Å². The zero-order chi connectivity index (χ0) is 32.9. The fourth-order valence-electron chi connectivity index (χ4n) is 6.49. The summed E-state index contributed by atoms with van der Waals surface area (Å²) >= 11 is 0. The van der Waals surface area contributed by atoms with Crippen LogP contribution in [0.1, 0.15) is 62.1 Å². The highest BCUT2D eigenvalue weighted by molar-refractivity contribution is 7.92. The summed E-state index contributed by atoms with van der Waals surface area (Å²) in [6.07, 6.45) is -10.6. The van der Waals surface area contributed by atoms with Crippen LogP contribution in [0.5, 0.6) is 0 Å². The number of hydrogen-bond donors (Lipinski definition) is 1. The SMILES string of the molecule is CCC1(C(=O)N2CC[C@](c3ccc(C(F)(C(F)(F)F)C(F)(F)F)cc3)(S(=O)(=O)c3ccc(C)c(F)c3)C2)CCC(CO)CC1. The van der Waals surface area contributed by atoms with Crippen molar-refractivity contribution in [1.82, 2.24) is 4.90 Å². The maximum absolute atomic E-state index is 14.8. The van der Waals surface area contributed by atoms with Gasteiger partial charge in [0, 0.05) is 30.7 Å².